The van der Waals surface area contributed by atoms with Crippen LogP contribution in [0.15, 0.2) is 36.4 Å². The van der Waals surface area contributed by atoms with E-state index in [0.29, 0.717) is 18.8 Å². The summed E-state index contributed by atoms with van der Waals surface area (Å²) in [6.45, 7) is 6.09. The number of thiophene rings is 1. The van der Waals surface area contributed by atoms with Gasteiger partial charge < -0.3 is 10.2 Å². The molecule has 0 unspecified atom stereocenters. The Morgan fingerprint density at radius 3 is 2.90 bits per heavy atom. The molecule has 3 aromatic rings. The number of carbonyl (C=O) groups is 1. The molecule has 8 heteroatoms. The van der Waals surface area contributed by atoms with Crippen molar-refractivity contribution >= 4 is 29.7 Å². The van der Waals surface area contributed by atoms with Crippen LogP contribution in [-0.4, -0.2) is 33.6 Å². The summed E-state index contributed by atoms with van der Waals surface area (Å²) in [7, 11) is 0. The zero-order valence-electron chi connectivity index (χ0n) is 16.4. The van der Waals surface area contributed by atoms with E-state index in [-0.39, 0.29) is 30.2 Å². The van der Waals surface area contributed by atoms with Gasteiger partial charge in [0.1, 0.15) is 5.82 Å². The third-order valence-corrected chi connectivity index (χ3v) is 6.11. The maximum atomic E-state index is 13.5. The fourth-order valence-corrected chi connectivity index (χ4v) is 4.46. The fourth-order valence-electron chi connectivity index (χ4n) is 3.45. The third-order valence-electron chi connectivity index (χ3n) is 4.99. The van der Waals surface area contributed by atoms with Crippen LogP contribution in [0.2, 0.25) is 0 Å². The Hall–Kier alpha value is -2.22. The van der Waals surface area contributed by atoms with Gasteiger partial charge in [0.05, 0.1) is 6.54 Å². The van der Waals surface area contributed by atoms with E-state index in [2.05, 4.69) is 15.5 Å². The minimum absolute atomic E-state index is 0. The first-order valence-electron chi connectivity index (χ1n) is 9.45. The van der Waals surface area contributed by atoms with Gasteiger partial charge >= 0.3 is 0 Å². The van der Waals surface area contributed by atoms with E-state index >= 15 is 0 Å². The third kappa shape index (κ3) is 4.52. The van der Waals surface area contributed by atoms with Gasteiger partial charge in [-0.05, 0) is 43.7 Å². The number of nitrogens with one attached hydrogen (secondary N) is 2. The van der Waals surface area contributed by atoms with E-state index in [9.17, 15) is 9.18 Å². The number of nitrogens with zero attached hydrogens (tertiary/aromatic N) is 2. The molecule has 0 aliphatic carbocycles. The van der Waals surface area contributed by atoms with Crippen molar-refractivity contribution in [2.75, 3.05) is 6.54 Å². The van der Waals surface area contributed by atoms with Crippen molar-refractivity contribution in [3.8, 4) is 10.4 Å². The van der Waals surface area contributed by atoms with Crippen molar-refractivity contribution in [3.63, 3.8) is 0 Å². The van der Waals surface area contributed by atoms with Crippen LogP contribution in [0.25, 0.3) is 10.4 Å². The zero-order valence-corrected chi connectivity index (χ0v) is 18.0. The lowest BCUT2D eigenvalue weighted by Crippen LogP contribution is -2.37. The summed E-state index contributed by atoms with van der Waals surface area (Å²) in [5, 5.41) is 10.6. The molecule has 3 heterocycles. The number of amides is 1. The average Bonchev–Trinajstić information content (AvgIpc) is 3.32. The Labute approximate surface area is 179 Å². The summed E-state index contributed by atoms with van der Waals surface area (Å²) in [6, 6.07) is 10.6. The van der Waals surface area contributed by atoms with Crippen molar-refractivity contribution in [1.29, 1.82) is 0 Å². The molecule has 29 heavy (non-hydrogen) atoms. The highest BCUT2D eigenvalue weighted by molar-refractivity contribution is 7.15. The SMILES string of the molecule is CC(C)N(Cc1ccc(-c2cccc(F)c2)s1)C(=O)c1n[nH]c2c1CNCC2.Cl. The topological polar surface area (TPSA) is 61.0 Å². The standard InChI is InChI=1S/C21H23FN4OS.ClH/c1-13(2)26(21(27)20-17-11-23-9-8-18(17)24-25-20)12-16-6-7-19(28-16)14-4-3-5-15(22)10-14;/h3-7,10,13,23H,8-9,11-12H2,1-2H3,(H,24,25);1H. The molecule has 1 amide bonds. The molecule has 0 bridgehead atoms. The molecule has 1 aliphatic heterocycles. The molecule has 4 rings (SSSR count). The van der Waals surface area contributed by atoms with Crippen LogP contribution in [0.1, 0.15) is 40.5 Å². The number of fused-ring (bicyclic) bond motifs is 1. The van der Waals surface area contributed by atoms with Gasteiger partial charge in [0.15, 0.2) is 5.69 Å². The predicted octanol–water partition coefficient (Wildman–Crippen LogP) is 4.40. The Morgan fingerprint density at radius 2 is 2.14 bits per heavy atom. The van der Waals surface area contributed by atoms with Gasteiger partial charge in [-0.15, -0.1) is 23.7 Å². The van der Waals surface area contributed by atoms with E-state index in [1.807, 2.05) is 36.9 Å². The molecule has 0 saturated carbocycles. The second-order valence-corrected chi connectivity index (χ2v) is 8.43. The molecule has 1 aliphatic rings. The summed E-state index contributed by atoms with van der Waals surface area (Å²) in [4.78, 5) is 17.1. The smallest absolute Gasteiger partial charge is 0.275 e. The molecular weight excluding hydrogens is 411 g/mol. The van der Waals surface area contributed by atoms with Crippen LogP contribution >= 0.6 is 23.7 Å². The van der Waals surface area contributed by atoms with Crippen molar-refractivity contribution in [2.24, 2.45) is 0 Å². The van der Waals surface area contributed by atoms with Crippen LogP contribution in [0.5, 0.6) is 0 Å². The van der Waals surface area contributed by atoms with Gasteiger partial charge in [-0.1, -0.05) is 12.1 Å². The maximum Gasteiger partial charge on any atom is 0.275 e. The van der Waals surface area contributed by atoms with E-state index in [1.165, 1.54) is 12.1 Å². The van der Waals surface area contributed by atoms with Gasteiger partial charge in [-0.25, -0.2) is 4.39 Å². The molecule has 0 radical (unpaired) electrons. The first kappa shape index (κ1) is 21.5. The van der Waals surface area contributed by atoms with Gasteiger partial charge in [-0.2, -0.15) is 5.10 Å². The molecule has 0 fully saturated rings. The lowest BCUT2D eigenvalue weighted by molar-refractivity contribution is 0.0685. The molecule has 1 aromatic carbocycles. The molecule has 154 valence electrons. The number of benzene rings is 1. The number of carbonyl (C=O) groups excluding carboxylic acids is 1. The molecule has 5 nitrogen and oxygen atoms in total. The van der Waals surface area contributed by atoms with Gasteiger partial charge in [0.25, 0.3) is 5.91 Å². The van der Waals surface area contributed by atoms with Gasteiger partial charge in [0, 0.05) is 46.6 Å². The Bertz CT molecular complexity index is 1000. The molecule has 0 atom stereocenters. The quantitative estimate of drug-likeness (QED) is 0.625. The number of aromatic nitrogens is 2. The number of rotatable bonds is 5. The Balaban J connectivity index is 0.00000240. The number of hydrogen-bond acceptors (Lipinski definition) is 4. The summed E-state index contributed by atoms with van der Waals surface area (Å²) in [5.74, 6) is -0.305. The van der Waals surface area contributed by atoms with Crippen LogP contribution in [0.3, 0.4) is 0 Å². The minimum atomic E-state index is -0.247. The highest BCUT2D eigenvalue weighted by Gasteiger charge is 2.27. The fraction of sp³-hybridized carbons (Fsp3) is 0.333. The molecule has 2 N–H and O–H groups in total. The van der Waals surface area contributed by atoms with Gasteiger partial charge in [-0.3, -0.25) is 9.89 Å². The van der Waals surface area contributed by atoms with E-state index in [4.69, 9.17) is 0 Å². The second-order valence-electron chi connectivity index (χ2n) is 7.26. The zero-order chi connectivity index (χ0) is 19.7. The summed E-state index contributed by atoms with van der Waals surface area (Å²) >= 11 is 1.58. The monoisotopic (exact) mass is 434 g/mol. The number of halogens is 2. The lowest BCUT2D eigenvalue weighted by Gasteiger charge is -2.26. The van der Waals surface area contributed by atoms with Crippen LogP contribution in [-0.2, 0) is 19.5 Å². The van der Waals surface area contributed by atoms with E-state index < -0.39 is 0 Å². The first-order valence-corrected chi connectivity index (χ1v) is 10.3. The normalized spacial score (nSPS) is 13.1. The summed E-state index contributed by atoms with van der Waals surface area (Å²) < 4.78 is 13.5. The highest BCUT2D eigenvalue weighted by Crippen LogP contribution is 2.30. The van der Waals surface area contributed by atoms with E-state index in [0.717, 1.165) is 39.5 Å². The van der Waals surface area contributed by atoms with Crippen molar-refractivity contribution in [3.05, 3.63) is 64.0 Å². The predicted molar refractivity (Wildman–Crippen MR) is 116 cm³/mol. The minimum Gasteiger partial charge on any atom is -0.330 e. The number of hydrogen-bond donors (Lipinski definition) is 2. The van der Waals surface area contributed by atoms with Crippen LogP contribution in [0.4, 0.5) is 4.39 Å². The van der Waals surface area contributed by atoms with Crippen LogP contribution < -0.4 is 5.32 Å². The molecule has 2 aromatic heterocycles. The molecular formula is C21H24ClFN4OS. The Kier molecular flexibility index (Phi) is 6.72. The molecule has 0 saturated heterocycles. The molecule has 0 spiro atoms. The lowest BCUT2D eigenvalue weighted by atomic mass is 10.1. The largest absolute Gasteiger partial charge is 0.330 e. The van der Waals surface area contributed by atoms with Gasteiger partial charge in [0.2, 0.25) is 0 Å². The maximum absolute atomic E-state index is 13.5. The first-order chi connectivity index (χ1) is 13.5. The number of H-pyrrole nitrogens is 1. The van der Waals surface area contributed by atoms with Crippen molar-refractivity contribution < 1.29 is 9.18 Å². The average molecular weight is 435 g/mol. The van der Waals surface area contributed by atoms with E-state index in [1.54, 1.807) is 17.4 Å². The van der Waals surface area contributed by atoms with Crippen molar-refractivity contribution in [2.45, 2.75) is 39.4 Å². The highest BCUT2D eigenvalue weighted by atomic mass is 35.5. The second kappa shape index (κ2) is 9.07. The summed E-state index contributed by atoms with van der Waals surface area (Å²) in [6.07, 6.45) is 0.860. The van der Waals surface area contributed by atoms with Crippen LogP contribution in [0, 0.1) is 5.82 Å². The summed E-state index contributed by atoms with van der Waals surface area (Å²) in [5.41, 5.74) is 3.40. The number of aromatic amines is 1. The Morgan fingerprint density at radius 1 is 1.31 bits per heavy atom. The van der Waals surface area contributed by atoms with Crippen molar-refractivity contribution in [1.82, 2.24) is 20.4 Å².